The number of furan rings is 1. The van der Waals surface area contributed by atoms with Gasteiger partial charge in [0.15, 0.2) is 0 Å². The first kappa shape index (κ1) is 44.2. The number of esters is 2. The zero-order valence-corrected chi connectivity index (χ0v) is 32.2. The molecule has 0 amide bonds. The minimum atomic E-state index is -0.295. The second-order valence-corrected chi connectivity index (χ2v) is 14.5. The molecule has 0 aliphatic heterocycles. The normalized spacial score (nSPS) is 11.3. The Morgan fingerprint density at radius 1 is 0.438 bits per heavy atom. The Kier molecular flexibility index (Phi) is 31.1. The summed E-state index contributed by atoms with van der Waals surface area (Å²) in [6.07, 6.45) is 43.8. The zero-order chi connectivity index (χ0) is 34.8. The van der Waals surface area contributed by atoms with Gasteiger partial charge in [-0.15, -0.1) is 0 Å². The highest BCUT2D eigenvalue weighted by molar-refractivity contribution is 5.76. The maximum absolute atomic E-state index is 12.5. The summed E-state index contributed by atoms with van der Waals surface area (Å²) in [6, 6.07) is 0. The first-order valence-electron chi connectivity index (χ1n) is 21.1. The lowest BCUT2D eigenvalue weighted by Crippen LogP contribution is -2.11. The van der Waals surface area contributed by atoms with E-state index in [0.717, 1.165) is 38.5 Å². The fraction of sp³-hybridized carbons (Fsp3) is 0.860. The molecular weight excluding hydrogens is 596 g/mol. The molecule has 48 heavy (non-hydrogen) atoms. The third-order valence-electron chi connectivity index (χ3n) is 9.79. The van der Waals surface area contributed by atoms with Crippen molar-refractivity contribution in [2.45, 2.75) is 239 Å². The highest BCUT2D eigenvalue weighted by Crippen LogP contribution is 2.34. The van der Waals surface area contributed by atoms with Crippen LogP contribution in [0.25, 0.3) is 0 Å². The van der Waals surface area contributed by atoms with E-state index >= 15 is 0 Å². The number of carbonyl (C=O) groups excluding carboxylic acids is 2. The summed E-state index contributed by atoms with van der Waals surface area (Å²) >= 11 is 0. The molecule has 0 N–H and O–H groups in total. The molecule has 0 saturated carbocycles. The van der Waals surface area contributed by atoms with Gasteiger partial charge in [-0.2, -0.15) is 0 Å². The van der Waals surface area contributed by atoms with Crippen LogP contribution < -0.4 is 9.47 Å². The molecule has 1 heterocycles. The molecule has 0 saturated heterocycles. The van der Waals surface area contributed by atoms with Gasteiger partial charge in [0.05, 0.1) is 0 Å². The molecule has 1 aromatic rings. The van der Waals surface area contributed by atoms with Crippen molar-refractivity contribution in [2.24, 2.45) is 0 Å². The van der Waals surface area contributed by atoms with Crippen molar-refractivity contribution in [3.05, 3.63) is 12.0 Å². The summed E-state index contributed by atoms with van der Waals surface area (Å²) in [6.45, 7) is 6.28. The minimum absolute atomic E-state index is 0.217. The van der Waals surface area contributed by atoms with Gasteiger partial charge in [0.2, 0.25) is 11.5 Å². The summed E-state index contributed by atoms with van der Waals surface area (Å²) < 4.78 is 16.5. The van der Waals surface area contributed by atoms with E-state index in [1.54, 1.807) is 6.92 Å². The van der Waals surface area contributed by atoms with Crippen molar-refractivity contribution < 1.29 is 23.5 Å². The van der Waals surface area contributed by atoms with Gasteiger partial charge in [-0.05, 0) is 19.8 Å². The summed E-state index contributed by atoms with van der Waals surface area (Å²) in [7, 11) is 0. The van der Waals surface area contributed by atoms with Crippen molar-refractivity contribution in [1.82, 2.24) is 0 Å². The predicted molar refractivity (Wildman–Crippen MR) is 203 cm³/mol. The van der Waals surface area contributed by atoms with Crippen molar-refractivity contribution >= 4 is 11.9 Å². The number of ether oxygens (including phenoxy) is 2. The summed E-state index contributed by atoms with van der Waals surface area (Å²) in [5.74, 6) is 0.336. The smallest absolute Gasteiger partial charge is 0.311 e. The van der Waals surface area contributed by atoms with Crippen LogP contribution in [0.15, 0.2) is 10.7 Å². The van der Waals surface area contributed by atoms with Gasteiger partial charge in [-0.1, -0.05) is 206 Å². The van der Waals surface area contributed by atoms with Gasteiger partial charge in [0, 0.05) is 12.8 Å². The molecule has 5 nitrogen and oxygen atoms in total. The lowest BCUT2D eigenvalue weighted by Gasteiger charge is -2.07. The molecule has 280 valence electrons. The van der Waals surface area contributed by atoms with Crippen LogP contribution in [0.4, 0.5) is 0 Å². The standard InChI is InChI=1S/C43H78O5/c1-4-6-8-10-12-14-16-18-20-22-24-26-28-30-32-34-36-41(44)47-40-38-46-39(3)43(40)48-42(45)37-35-33-31-29-27-25-23-21-19-17-15-13-11-9-7-5-2/h38H,4-37H2,1-3H3. The topological polar surface area (TPSA) is 65.7 Å². The summed E-state index contributed by atoms with van der Waals surface area (Å²) in [5, 5.41) is 0. The third-order valence-corrected chi connectivity index (χ3v) is 9.79. The number of unbranched alkanes of at least 4 members (excludes halogenated alkanes) is 30. The van der Waals surface area contributed by atoms with Crippen molar-refractivity contribution in [1.29, 1.82) is 0 Å². The fourth-order valence-corrected chi connectivity index (χ4v) is 6.59. The molecule has 0 unspecified atom stereocenters. The van der Waals surface area contributed by atoms with Gasteiger partial charge >= 0.3 is 11.9 Å². The second kappa shape index (κ2) is 33.7. The van der Waals surface area contributed by atoms with Crippen LogP contribution in [0.3, 0.4) is 0 Å². The molecule has 0 spiro atoms. The van der Waals surface area contributed by atoms with E-state index in [-0.39, 0.29) is 23.4 Å². The van der Waals surface area contributed by atoms with Crippen molar-refractivity contribution in [3.8, 4) is 11.5 Å². The van der Waals surface area contributed by atoms with Crippen LogP contribution in [0.5, 0.6) is 11.5 Å². The maximum Gasteiger partial charge on any atom is 0.311 e. The molecule has 5 heteroatoms. The minimum Gasteiger partial charge on any atom is -0.462 e. The Hall–Kier alpha value is -1.78. The molecule has 0 atom stereocenters. The number of hydrogen-bond acceptors (Lipinski definition) is 5. The number of aryl methyl sites for hydroxylation is 1. The predicted octanol–water partition coefficient (Wildman–Crippen LogP) is 14.7. The lowest BCUT2D eigenvalue weighted by molar-refractivity contribution is -0.137. The first-order chi connectivity index (χ1) is 23.6. The Labute approximate surface area is 297 Å². The average Bonchev–Trinajstić information content (AvgIpc) is 3.41. The van der Waals surface area contributed by atoms with E-state index < -0.39 is 0 Å². The molecule has 0 fully saturated rings. The average molecular weight is 675 g/mol. The molecule has 0 bridgehead atoms. The lowest BCUT2D eigenvalue weighted by atomic mass is 10.0. The van der Waals surface area contributed by atoms with Crippen molar-refractivity contribution in [3.63, 3.8) is 0 Å². The highest BCUT2D eigenvalue weighted by Gasteiger charge is 2.19. The van der Waals surface area contributed by atoms with Crippen LogP contribution in [-0.2, 0) is 9.59 Å². The van der Waals surface area contributed by atoms with Gasteiger partial charge in [0.1, 0.15) is 12.0 Å². The van der Waals surface area contributed by atoms with E-state index in [9.17, 15) is 9.59 Å². The fourth-order valence-electron chi connectivity index (χ4n) is 6.59. The largest absolute Gasteiger partial charge is 0.462 e. The third kappa shape index (κ3) is 27.1. The molecule has 0 radical (unpaired) electrons. The van der Waals surface area contributed by atoms with Gasteiger partial charge < -0.3 is 13.9 Å². The number of hydrogen-bond donors (Lipinski definition) is 0. The van der Waals surface area contributed by atoms with E-state index in [1.165, 1.54) is 173 Å². The molecule has 0 aliphatic rings. The number of rotatable bonds is 36. The Morgan fingerprint density at radius 2 is 0.708 bits per heavy atom. The van der Waals surface area contributed by atoms with Crippen LogP contribution in [0, 0.1) is 6.92 Å². The van der Waals surface area contributed by atoms with Gasteiger partial charge in [-0.3, -0.25) is 9.59 Å². The Balaban J connectivity index is 1.99. The molecule has 0 aliphatic carbocycles. The monoisotopic (exact) mass is 675 g/mol. The number of carbonyl (C=O) groups is 2. The Bertz CT molecular complexity index is 859. The molecule has 1 aromatic heterocycles. The van der Waals surface area contributed by atoms with E-state index in [4.69, 9.17) is 13.9 Å². The van der Waals surface area contributed by atoms with Gasteiger partial charge in [-0.25, -0.2) is 0 Å². The van der Waals surface area contributed by atoms with Crippen molar-refractivity contribution in [2.75, 3.05) is 0 Å². The molecule has 0 aromatic carbocycles. The summed E-state index contributed by atoms with van der Waals surface area (Å²) in [5.41, 5.74) is 0. The van der Waals surface area contributed by atoms with Gasteiger partial charge in [0.25, 0.3) is 0 Å². The van der Waals surface area contributed by atoms with Crippen LogP contribution in [-0.4, -0.2) is 11.9 Å². The Morgan fingerprint density at radius 3 is 1.02 bits per heavy atom. The zero-order valence-electron chi connectivity index (χ0n) is 32.2. The van der Waals surface area contributed by atoms with Crippen LogP contribution in [0.1, 0.15) is 238 Å². The quantitative estimate of drug-likeness (QED) is 0.0523. The molecule has 1 rings (SSSR count). The first-order valence-corrected chi connectivity index (χ1v) is 21.1. The van der Waals surface area contributed by atoms with E-state index in [1.807, 2.05) is 0 Å². The SMILES string of the molecule is CCCCCCCCCCCCCCCCCCC(=O)Oc1coc(C)c1OC(=O)CCCCCCCCCCCCCCCCCC. The second-order valence-electron chi connectivity index (χ2n) is 14.5. The molecular formula is C43H78O5. The van der Waals surface area contributed by atoms with E-state index in [0.29, 0.717) is 18.6 Å². The van der Waals surface area contributed by atoms with Crippen LogP contribution in [0.2, 0.25) is 0 Å². The van der Waals surface area contributed by atoms with Crippen LogP contribution >= 0.6 is 0 Å². The maximum atomic E-state index is 12.5. The summed E-state index contributed by atoms with van der Waals surface area (Å²) in [4.78, 5) is 24.9. The van der Waals surface area contributed by atoms with E-state index in [2.05, 4.69) is 13.8 Å². The highest BCUT2D eigenvalue weighted by atomic mass is 16.6.